The quantitative estimate of drug-likeness (QED) is 0.882. The predicted molar refractivity (Wildman–Crippen MR) is 60.5 cm³/mol. The highest BCUT2D eigenvalue weighted by molar-refractivity contribution is 9.11. The standard InChI is InChI=1S/C9H11Br2NO/c1-5(13)9(12)7-3-2-6(10)4-8(7)11/h2-5,9,13H,12H2,1H3. The average Bonchev–Trinajstić information content (AvgIpc) is 2.03. The Morgan fingerprint density at radius 1 is 1.38 bits per heavy atom. The van der Waals surface area contributed by atoms with Gasteiger partial charge in [-0.15, -0.1) is 0 Å². The summed E-state index contributed by atoms with van der Waals surface area (Å²) in [6, 6.07) is 5.37. The van der Waals surface area contributed by atoms with Gasteiger partial charge >= 0.3 is 0 Å². The fourth-order valence-electron chi connectivity index (χ4n) is 1.03. The van der Waals surface area contributed by atoms with E-state index in [9.17, 15) is 5.11 Å². The van der Waals surface area contributed by atoms with Crippen molar-refractivity contribution in [2.24, 2.45) is 5.73 Å². The van der Waals surface area contributed by atoms with Gasteiger partial charge in [0.2, 0.25) is 0 Å². The van der Waals surface area contributed by atoms with Gasteiger partial charge < -0.3 is 10.8 Å². The Bertz CT molecular complexity index is 302. The van der Waals surface area contributed by atoms with E-state index in [0.717, 1.165) is 14.5 Å². The van der Waals surface area contributed by atoms with Gasteiger partial charge in [-0.1, -0.05) is 37.9 Å². The molecule has 2 unspecified atom stereocenters. The third-order valence-electron chi connectivity index (χ3n) is 1.84. The molecule has 0 spiro atoms. The van der Waals surface area contributed by atoms with Crippen LogP contribution < -0.4 is 5.73 Å². The number of aliphatic hydroxyl groups excluding tert-OH is 1. The van der Waals surface area contributed by atoms with Crippen LogP contribution in [-0.2, 0) is 0 Å². The molecule has 4 heteroatoms. The summed E-state index contributed by atoms with van der Waals surface area (Å²) in [4.78, 5) is 0. The maximum atomic E-state index is 9.31. The van der Waals surface area contributed by atoms with Crippen molar-refractivity contribution in [3.8, 4) is 0 Å². The summed E-state index contributed by atoms with van der Waals surface area (Å²) in [6.45, 7) is 1.68. The van der Waals surface area contributed by atoms with Crippen LogP contribution in [0, 0.1) is 0 Å². The average molecular weight is 309 g/mol. The molecule has 2 atom stereocenters. The number of aliphatic hydroxyl groups is 1. The summed E-state index contributed by atoms with van der Waals surface area (Å²) in [5, 5.41) is 9.31. The van der Waals surface area contributed by atoms with Crippen molar-refractivity contribution >= 4 is 31.9 Å². The second kappa shape index (κ2) is 4.55. The maximum absolute atomic E-state index is 9.31. The normalized spacial score (nSPS) is 15.5. The summed E-state index contributed by atoms with van der Waals surface area (Å²) in [7, 11) is 0. The first-order valence-corrected chi connectivity index (χ1v) is 5.49. The summed E-state index contributed by atoms with van der Waals surface area (Å²) < 4.78 is 1.90. The largest absolute Gasteiger partial charge is 0.391 e. The number of hydrogen-bond donors (Lipinski definition) is 2. The lowest BCUT2D eigenvalue weighted by Crippen LogP contribution is -2.23. The van der Waals surface area contributed by atoms with Crippen LogP contribution in [0.15, 0.2) is 27.1 Å². The van der Waals surface area contributed by atoms with E-state index in [2.05, 4.69) is 31.9 Å². The molecule has 72 valence electrons. The molecule has 0 saturated carbocycles. The van der Waals surface area contributed by atoms with E-state index in [1.165, 1.54) is 0 Å². The van der Waals surface area contributed by atoms with E-state index >= 15 is 0 Å². The second-order valence-corrected chi connectivity index (χ2v) is 4.70. The van der Waals surface area contributed by atoms with Crippen LogP contribution >= 0.6 is 31.9 Å². The Balaban J connectivity index is 3.01. The zero-order valence-corrected chi connectivity index (χ0v) is 10.3. The minimum absolute atomic E-state index is 0.345. The maximum Gasteiger partial charge on any atom is 0.0705 e. The van der Waals surface area contributed by atoms with Crippen molar-refractivity contribution in [3.63, 3.8) is 0 Å². The number of benzene rings is 1. The van der Waals surface area contributed by atoms with Crippen molar-refractivity contribution in [1.29, 1.82) is 0 Å². The minimum Gasteiger partial charge on any atom is -0.391 e. The highest BCUT2D eigenvalue weighted by Gasteiger charge is 2.14. The van der Waals surface area contributed by atoms with Crippen molar-refractivity contribution < 1.29 is 5.11 Å². The molecule has 1 rings (SSSR count). The molecule has 0 fully saturated rings. The van der Waals surface area contributed by atoms with E-state index in [1.807, 2.05) is 18.2 Å². The van der Waals surface area contributed by atoms with Gasteiger partial charge in [0, 0.05) is 8.95 Å². The number of hydrogen-bond acceptors (Lipinski definition) is 2. The fourth-order valence-corrected chi connectivity index (χ4v) is 2.34. The Morgan fingerprint density at radius 2 is 2.00 bits per heavy atom. The molecule has 0 radical (unpaired) electrons. The van der Waals surface area contributed by atoms with Crippen molar-refractivity contribution in [1.82, 2.24) is 0 Å². The SMILES string of the molecule is CC(O)C(N)c1ccc(Br)cc1Br. The minimum atomic E-state index is -0.544. The molecule has 1 aromatic rings. The van der Waals surface area contributed by atoms with Gasteiger partial charge in [-0.25, -0.2) is 0 Å². The summed E-state index contributed by atoms with van der Waals surface area (Å²) in [5.74, 6) is 0. The third kappa shape index (κ3) is 2.77. The highest BCUT2D eigenvalue weighted by atomic mass is 79.9. The number of rotatable bonds is 2. The van der Waals surface area contributed by atoms with Gasteiger partial charge in [0.15, 0.2) is 0 Å². The van der Waals surface area contributed by atoms with E-state index < -0.39 is 6.10 Å². The van der Waals surface area contributed by atoms with Crippen LogP contribution in [0.4, 0.5) is 0 Å². The first-order chi connectivity index (χ1) is 6.02. The van der Waals surface area contributed by atoms with Gasteiger partial charge in [-0.2, -0.15) is 0 Å². The number of halogens is 2. The Morgan fingerprint density at radius 3 is 2.46 bits per heavy atom. The summed E-state index contributed by atoms with van der Waals surface area (Å²) >= 11 is 6.74. The molecular formula is C9H11Br2NO. The van der Waals surface area contributed by atoms with E-state index in [1.54, 1.807) is 6.92 Å². The highest BCUT2D eigenvalue weighted by Crippen LogP contribution is 2.27. The van der Waals surface area contributed by atoms with Crippen LogP contribution in [0.3, 0.4) is 0 Å². The molecule has 0 aliphatic heterocycles. The summed E-state index contributed by atoms with van der Waals surface area (Å²) in [5.41, 5.74) is 6.71. The molecule has 13 heavy (non-hydrogen) atoms. The lowest BCUT2D eigenvalue weighted by molar-refractivity contribution is 0.164. The van der Waals surface area contributed by atoms with E-state index in [0.29, 0.717) is 0 Å². The van der Waals surface area contributed by atoms with Gasteiger partial charge in [0.1, 0.15) is 0 Å². The van der Waals surface area contributed by atoms with Crippen molar-refractivity contribution in [2.45, 2.75) is 19.1 Å². The van der Waals surface area contributed by atoms with Crippen LogP contribution in [0.1, 0.15) is 18.5 Å². The number of nitrogens with two attached hydrogens (primary N) is 1. The summed E-state index contributed by atoms with van der Waals surface area (Å²) in [6.07, 6.45) is -0.544. The monoisotopic (exact) mass is 307 g/mol. The molecule has 1 aromatic carbocycles. The van der Waals surface area contributed by atoms with Gasteiger partial charge in [0.05, 0.1) is 12.1 Å². The van der Waals surface area contributed by atoms with Crippen LogP contribution in [0.2, 0.25) is 0 Å². The molecule has 0 amide bonds. The van der Waals surface area contributed by atoms with Crippen LogP contribution in [0.25, 0.3) is 0 Å². The van der Waals surface area contributed by atoms with Gasteiger partial charge in [-0.3, -0.25) is 0 Å². The fraction of sp³-hybridized carbons (Fsp3) is 0.333. The molecule has 0 aliphatic carbocycles. The Kier molecular flexibility index (Phi) is 3.91. The molecular weight excluding hydrogens is 298 g/mol. The smallest absolute Gasteiger partial charge is 0.0705 e. The molecule has 0 aliphatic rings. The molecule has 3 N–H and O–H groups in total. The zero-order chi connectivity index (χ0) is 10.0. The lowest BCUT2D eigenvalue weighted by atomic mass is 10.0. The van der Waals surface area contributed by atoms with E-state index in [4.69, 9.17) is 5.73 Å². The zero-order valence-electron chi connectivity index (χ0n) is 7.17. The molecule has 0 saturated heterocycles. The Labute approximate surface area is 94.4 Å². The topological polar surface area (TPSA) is 46.2 Å². The molecule has 0 aromatic heterocycles. The van der Waals surface area contributed by atoms with Crippen molar-refractivity contribution in [2.75, 3.05) is 0 Å². The first kappa shape index (κ1) is 11.2. The third-order valence-corrected chi connectivity index (χ3v) is 3.02. The van der Waals surface area contributed by atoms with Gasteiger partial charge in [-0.05, 0) is 24.6 Å². The van der Waals surface area contributed by atoms with Crippen LogP contribution in [0.5, 0.6) is 0 Å². The first-order valence-electron chi connectivity index (χ1n) is 3.91. The Hall–Kier alpha value is 0.1000. The van der Waals surface area contributed by atoms with Crippen molar-refractivity contribution in [3.05, 3.63) is 32.7 Å². The molecule has 2 nitrogen and oxygen atoms in total. The lowest BCUT2D eigenvalue weighted by Gasteiger charge is -2.16. The van der Waals surface area contributed by atoms with Gasteiger partial charge in [0.25, 0.3) is 0 Å². The molecule has 0 bridgehead atoms. The van der Waals surface area contributed by atoms with E-state index in [-0.39, 0.29) is 6.04 Å². The second-order valence-electron chi connectivity index (χ2n) is 2.93. The van der Waals surface area contributed by atoms with Crippen LogP contribution in [-0.4, -0.2) is 11.2 Å². The molecule has 0 heterocycles. The predicted octanol–water partition coefficient (Wildman–Crippen LogP) is 2.59.